The summed E-state index contributed by atoms with van der Waals surface area (Å²) in [6.07, 6.45) is 1.94. The third kappa shape index (κ3) is 4.72. The highest BCUT2D eigenvalue weighted by Gasteiger charge is 2.17. The summed E-state index contributed by atoms with van der Waals surface area (Å²) < 4.78 is 16.0. The second-order valence-electron chi connectivity index (χ2n) is 5.69. The van der Waals surface area contributed by atoms with E-state index < -0.39 is 0 Å². The van der Waals surface area contributed by atoms with Crippen molar-refractivity contribution in [3.8, 4) is 5.75 Å². The largest absolute Gasteiger partial charge is 0.486 e. The quantitative estimate of drug-likeness (QED) is 0.866. The van der Waals surface area contributed by atoms with E-state index >= 15 is 0 Å². The Bertz CT molecular complexity index is 665. The average Bonchev–Trinajstić information content (AvgIpc) is 3.09. The van der Waals surface area contributed by atoms with Gasteiger partial charge in [-0.2, -0.15) is 0 Å². The van der Waals surface area contributed by atoms with Crippen LogP contribution in [0.2, 0.25) is 5.02 Å². The van der Waals surface area contributed by atoms with E-state index in [1.54, 1.807) is 30.3 Å². The first-order chi connectivity index (χ1) is 11.7. The van der Waals surface area contributed by atoms with Crippen LogP contribution < -0.4 is 10.1 Å². The molecule has 128 valence electrons. The number of halogens is 1. The zero-order chi connectivity index (χ0) is 16.8. The molecular weight excluding hydrogens is 332 g/mol. The van der Waals surface area contributed by atoms with Crippen LogP contribution in [-0.2, 0) is 11.3 Å². The van der Waals surface area contributed by atoms with E-state index in [0.717, 1.165) is 26.1 Å². The minimum atomic E-state index is -0.233. The summed E-state index contributed by atoms with van der Waals surface area (Å²) in [4.78, 5) is 12.1. The van der Waals surface area contributed by atoms with Gasteiger partial charge in [-0.25, -0.2) is 0 Å². The van der Waals surface area contributed by atoms with Crippen molar-refractivity contribution in [1.82, 2.24) is 10.5 Å². The molecular formula is C17H19ClN2O4. The summed E-state index contributed by atoms with van der Waals surface area (Å²) in [6, 6.07) is 8.61. The number of aromatic nitrogens is 1. The Balaban J connectivity index is 1.47. The number of hydrogen-bond acceptors (Lipinski definition) is 5. The molecule has 0 atom stereocenters. The number of nitrogens with one attached hydrogen (secondary N) is 1. The maximum Gasteiger partial charge on any atom is 0.273 e. The summed E-state index contributed by atoms with van der Waals surface area (Å²) in [7, 11) is 0. The van der Waals surface area contributed by atoms with Crippen LogP contribution in [0.3, 0.4) is 0 Å². The highest BCUT2D eigenvalue weighted by Crippen LogP contribution is 2.17. The molecule has 1 aliphatic rings. The van der Waals surface area contributed by atoms with Gasteiger partial charge in [0, 0.05) is 30.8 Å². The Hall–Kier alpha value is -2.05. The van der Waals surface area contributed by atoms with Crippen molar-refractivity contribution in [2.24, 2.45) is 5.92 Å². The third-order valence-electron chi connectivity index (χ3n) is 3.88. The SMILES string of the molecule is O=C(NCC1CCOCC1)c1cc(COc2ccc(Cl)cc2)on1. The maximum absolute atomic E-state index is 12.1. The van der Waals surface area contributed by atoms with Gasteiger partial charge in [0.2, 0.25) is 0 Å². The predicted molar refractivity (Wildman–Crippen MR) is 88.2 cm³/mol. The minimum absolute atomic E-state index is 0.196. The van der Waals surface area contributed by atoms with Crippen molar-refractivity contribution in [2.75, 3.05) is 19.8 Å². The molecule has 0 unspecified atom stereocenters. The van der Waals surface area contributed by atoms with E-state index in [2.05, 4.69) is 10.5 Å². The first-order valence-electron chi connectivity index (χ1n) is 7.90. The Labute approximate surface area is 145 Å². The fourth-order valence-electron chi connectivity index (χ4n) is 2.45. The molecule has 0 spiro atoms. The molecule has 7 heteroatoms. The van der Waals surface area contributed by atoms with Gasteiger partial charge in [0.15, 0.2) is 11.5 Å². The van der Waals surface area contributed by atoms with E-state index in [1.807, 2.05) is 0 Å². The van der Waals surface area contributed by atoms with Gasteiger partial charge in [-0.15, -0.1) is 0 Å². The zero-order valence-corrected chi connectivity index (χ0v) is 13.9. The van der Waals surface area contributed by atoms with E-state index in [0.29, 0.717) is 29.0 Å². The van der Waals surface area contributed by atoms with Crippen LogP contribution in [0.1, 0.15) is 29.1 Å². The Morgan fingerprint density at radius 3 is 2.79 bits per heavy atom. The van der Waals surface area contributed by atoms with E-state index in [9.17, 15) is 4.79 Å². The van der Waals surface area contributed by atoms with Gasteiger partial charge in [-0.05, 0) is 43.0 Å². The topological polar surface area (TPSA) is 73.6 Å². The fourth-order valence-corrected chi connectivity index (χ4v) is 2.58. The normalized spacial score (nSPS) is 15.2. The third-order valence-corrected chi connectivity index (χ3v) is 4.13. The standard InChI is InChI=1S/C17H19ClN2O4/c18-13-1-3-14(4-2-13)23-11-15-9-16(20-24-15)17(21)19-10-12-5-7-22-8-6-12/h1-4,9,12H,5-8,10-11H2,(H,19,21). The number of carbonyl (C=O) groups excluding carboxylic acids is 1. The molecule has 3 rings (SSSR count). The molecule has 1 amide bonds. The highest BCUT2D eigenvalue weighted by atomic mass is 35.5. The molecule has 1 fully saturated rings. The Morgan fingerprint density at radius 2 is 2.04 bits per heavy atom. The fraction of sp³-hybridized carbons (Fsp3) is 0.412. The maximum atomic E-state index is 12.1. The van der Waals surface area contributed by atoms with Crippen molar-refractivity contribution >= 4 is 17.5 Å². The molecule has 0 bridgehead atoms. The molecule has 1 N–H and O–H groups in total. The number of ether oxygens (including phenoxy) is 2. The molecule has 0 saturated carbocycles. The van der Waals surface area contributed by atoms with Crippen LogP contribution in [0.5, 0.6) is 5.75 Å². The average molecular weight is 351 g/mol. The van der Waals surface area contributed by atoms with Crippen molar-refractivity contribution in [3.05, 3.63) is 46.8 Å². The first-order valence-corrected chi connectivity index (χ1v) is 8.28. The van der Waals surface area contributed by atoms with Crippen LogP contribution in [0.15, 0.2) is 34.9 Å². The van der Waals surface area contributed by atoms with Gasteiger partial charge in [0.05, 0.1) is 0 Å². The first kappa shape index (κ1) is 16.8. The molecule has 1 saturated heterocycles. The van der Waals surface area contributed by atoms with Crippen LogP contribution in [0, 0.1) is 5.92 Å². The minimum Gasteiger partial charge on any atom is -0.486 e. The zero-order valence-electron chi connectivity index (χ0n) is 13.2. The number of rotatable bonds is 6. The van der Waals surface area contributed by atoms with E-state index in [4.69, 9.17) is 25.6 Å². The van der Waals surface area contributed by atoms with Crippen LogP contribution in [0.4, 0.5) is 0 Å². The Kier molecular flexibility index (Phi) is 5.72. The molecule has 0 radical (unpaired) electrons. The van der Waals surface area contributed by atoms with Gasteiger partial charge in [-0.1, -0.05) is 16.8 Å². The van der Waals surface area contributed by atoms with E-state index in [-0.39, 0.29) is 18.2 Å². The molecule has 1 aromatic carbocycles. The number of carbonyl (C=O) groups is 1. The second-order valence-corrected chi connectivity index (χ2v) is 6.12. The van der Waals surface area contributed by atoms with Crippen LogP contribution in [-0.4, -0.2) is 30.8 Å². The van der Waals surface area contributed by atoms with Gasteiger partial charge in [-0.3, -0.25) is 4.79 Å². The number of hydrogen-bond donors (Lipinski definition) is 1. The lowest BCUT2D eigenvalue weighted by molar-refractivity contribution is 0.0641. The smallest absolute Gasteiger partial charge is 0.273 e. The molecule has 2 heterocycles. The number of benzene rings is 1. The molecule has 1 aliphatic heterocycles. The number of amides is 1. The number of nitrogens with zero attached hydrogens (tertiary/aromatic N) is 1. The lowest BCUT2D eigenvalue weighted by Crippen LogP contribution is -2.32. The van der Waals surface area contributed by atoms with Crippen LogP contribution in [0.25, 0.3) is 0 Å². The molecule has 1 aromatic heterocycles. The molecule has 0 aliphatic carbocycles. The lowest BCUT2D eigenvalue weighted by atomic mass is 10.0. The van der Waals surface area contributed by atoms with Gasteiger partial charge in [0.25, 0.3) is 5.91 Å². The monoisotopic (exact) mass is 350 g/mol. The summed E-state index contributed by atoms with van der Waals surface area (Å²) in [6.45, 7) is 2.35. The summed E-state index contributed by atoms with van der Waals surface area (Å²) >= 11 is 5.82. The van der Waals surface area contributed by atoms with Crippen molar-refractivity contribution in [3.63, 3.8) is 0 Å². The van der Waals surface area contributed by atoms with Gasteiger partial charge < -0.3 is 19.3 Å². The summed E-state index contributed by atoms with van der Waals surface area (Å²) in [5, 5.41) is 7.33. The van der Waals surface area contributed by atoms with Crippen molar-refractivity contribution in [1.29, 1.82) is 0 Å². The van der Waals surface area contributed by atoms with Gasteiger partial charge >= 0.3 is 0 Å². The second kappa shape index (κ2) is 8.17. The molecule has 24 heavy (non-hydrogen) atoms. The lowest BCUT2D eigenvalue weighted by Gasteiger charge is -2.21. The van der Waals surface area contributed by atoms with Crippen molar-refractivity contribution < 1.29 is 18.8 Å². The molecule has 6 nitrogen and oxygen atoms in total. The molecule has 2 aromatic rings. The van der Waals surface area contributed by atoms with Gasteiger partial charge in [0.1, 0.15) is 12.4 Å². The highest BCUT2D eigenvalue weighted by molar-refractivity contribution is 6.30. The van der Waals surface area contributed by atoms with Crippen LogP contribution >= 0.6 is 11.6 Å². The Morgan fingerprint density at radius 1 is 1.29 bits per heavy atom. The van der Waals surface area contributed by atoms with Crippen molar-refractivity contribution in [2.45, 2.75) is 19.4 Å². The summed E-state index contributed by atoms with van der Waals surface area (Å²) in [5.41, 5.74) is 0.261. The predicted octanol–water partition coefficient (Wildman–Crippen LogP) is 3.06. The summed E-state index contributed by atoms with van der Waals surface area (Å²) in [5.74, 6) is 1.38. The van der Waals surface area contributed by atoms with E-state index in [1.165, 1.54) is 0 Å².